The second-order valence-electron chi connectivity index (χ2n) is 5.46. The maximum Gasteiger partial charge on any atom is 0.223 e. The summed E-state index contributed by atoms with van der Waals surface area (Å²) in [7, 11) is 0. The average Bonchev–Trinajstić information content (AvgIpc) is 2.38. The maximum atomic E-state index is 12.1. The number of nitrogens with one attached hydrogen (secondary N) is 1. The smallest absolute Gasteiger partial charge is 0.223 e. The van der Waals surface area contributed by atoms with Crippen LogP contribution in [0.1, 0.15) is 46.5 Å². The number of rotatable bonds is 6. The Labute approximate surface area is 110 Å². The van der Waals surface area contributed by atoms with Gasteiger partial charge in [0.25, 0.3) is 0 Å². The molecule has 4 atom stereocenters. The lowest BCUT2D eigenvalue weighted by atomic mass is 9.92. The van der Waals surface area contributed by atoms with E-state index in [2.05, 4.69) is 12.2 Å². The lowest BCUT2D eigenvalue weighted by Gasteiger charge is -2.30. The summed E-state index contributed by atoms with van der Waals surface area (Å²) in [6.07, 6.45) is 4.01. The number of aliphatic hydroxyl groups excluding tert-OH is 1. The topological polar surface area (TPSA) is 58.6 Å². The molecule has 1 saturated heterocycles. The van der Waals surface area contributed by atoms with Crippen molar-refractivity contribution in [2.24, 2.45) is 11.8 Å². The van der Waals surface area contributed by atoms with Crippen molar-refractivity contribution in [2.75, 3.05) is 13.2 Å². The molecule has 0 aromatic heterocycles. The molecule has 2 N–H and O–H groups in total. The summed E-state index contributed by atoms with van der Waals surface area (Å²) in [5.74, 6) is 0.288. The van der Waals surface area contributed by atoms with Crippen LogP contribution in [0.4, 0.5) is 0 Å². The molecular formula is C14H27NO3. The van der Waals surface area contributed by atoms with Crippen LogP contribution in [0.5, 0.6) is 0 Å². The van der Waals surface area contributed by atoms with Crippen molar-refractivity contribution in [1.82, 2.24) is 5.32 Å². The zero-order chi connectivity index (χ0) is 13.5. The van der Waals surface area contributed by atoms with Crippen LogP contribution >= 0.6 is 0 Å². The molecular weight excluding hydrogens is 230 g/mol. The van der Waals surface area contributed by atoms with Crippen LogP contribution in [-0.2, 0) is 9.53 Å². The van der Waals surface area contributed by atoms with Crippen molar-refractivity contribution in [2.45, 2.75) is 58.6 Å². The number of hydrogen-bond donors (Lipinski definition) is 2. The maximum absolute atomic E-state index is 12.1. The molecule has 4 nitrogen and oxygen atoms in total. The summed E-state index contributed by atoms with van der Waals surface area (Å²) < 4.78 is 5.65. The van der Waals surface area contributed by atoms with Gasteiger partial charge in [-0.25, -0.2) is 0 Å². The third-order valence-electron chi connectivity index (χ3n) is 3.86. The predicted molar refractivity (Wildman–Crippen MR) is 71.2 cm³/mol. The summed E-state index contributed by atoms with van der Waals surface area (Å²) in [6, 6.07) is 0.0231. The first kappa shape index (κ1) is 15.4. The average molecular weight is 257 g/mol. The molecule has 106 valence electrons. The Morgan fingerprint density at radius 2 is 2.22 bits per heavy atom. The van der Waals surface area contributed by atoms with Crippen molar-refractivity contribution < 1.29 is 14.6 Å². The van der Waals surface area contributed by atoms with Gasteiger partial charge in [0.1, 0.15) is 0 Å². The Kier molecular flexibility index (Phi) is 6.65. The van der Waals surface area contributed by atoms with E-state index >= 15 is 0 Å². The van der Waals surface area contributed by atoms with Crippen LogP contribution in [-0.4, -0.2) is 36.4 Å². The molecule has 1 aliphatic heterocycles. The Bertz CT molecular complexity index is 255. The van der Waals surface area contributed by atoms with E-state index in [-0.39, 0.29) is 36.5 Å². The number of hydrogen-bond acceptors (Lipinski definition) is 3. The molecule has 1 amide bonds. The first-order valence-electron chi connectivity index (χ1n) is 7.11. The van der Waals surface area contributed by atoms with Crippen molar-refractivity contribution >= 4 is 5.91 Å². The van der Waals surface area contributed by atoms with Crippen LogP contribution in [0.25, 0.3) is 0 Å². The van der Waals surface area contributed by atoms with Crippen LogP contribution < -0.4 is 5.32 Å². The molecule has 0 saturated carbocycles. The van der Waals surface area contributed by atoms with Gasteiger partial charge in [0.15, 0.2) is 0 Å². The number of ether oxygens (including phenoxy) is 1. The highest BCUT2D eigenvalue weighted by molar-refractivity contribution is 5.79. The molecule has 1 aliphatic rings. The van der Waals surface area contributed by atoms with Gasteiger partial charge in [0.2, 0.25) is 5.91 Å². The molecule has 0 bridgehead atoms. The van der Waals surface area contributed by atoms with E-state index in [0.29, 0.717) is 6.61 Å². The van der Waals surface area contributed by atoms with Gasteiger partial charge in [-0.15, -0.1) is 0 Å². The molecule has 1 rings (SSSR count). The van der Waals surface area contributed by atoms with E-state index in [1.165, 1.54) is 0 Å². The summed E-state index contributed by atoms with van der Waals surface area (Å²) >= 11 is 0. The van der Waals surface area contributed by atoms with Crippen molar-refractivity contribution in [3.05, 3.63) is 0 Å². The third kappa shape index (κ3) is 4.58. The fraction of sp³-hybridized carbons (Fsp3) is 0.929. The van der Waals surface area contributed by atoms with E-state index < -0.39 is 0 Å². The minimum Gasteiger partial charge on any atom is -0.396 e. The van der Waals surface area contributed by atoms with Crippen LogP contribution in [0.3, 0.4) is 0 Å². The molecule has 4 unspecified atom stereocenters. The van der Waals surface area contributed by atoms with Gasteiger partial charge in [0, 0.05) is 25.2 Å². The van der Waals surface area contributed by atoms with Crippen molar-refractivity contribution in [3.63, 3.8) is 0 Å². The number of carbonyl (C=O) groups is 1. The predicted octanol–water partition coefficient (Wildman–Crippen LogP) is 1.71. The Hall–Kier alpha value is -0.610. The second kappa shape index (κ2) is 7.74. The third-order valence-corrected chi connectivity index (χ3v) is 3.86. The molecule has 0 spiro atoms. The van der Waals surface area contributed by atoms with Gasteiger partial charge in [-0.2, -0.15) is 0 Å². The van der Waals surface area contributed by atoms with Crippen LogP contribution in [0.2, 0.25) is 0 Å². The molecule has 18 heavy (non-hydrogen) atoms. The van der Waals surface area contributed by atoms with Gasteiger partial charge in [-0.05, 0) is 32.1 Å². The molecule has 0 aromatic carbocycles. The minimum atomic E-state index is 0.0231. The highest BCUT2D eigenvalue weighted by Gasteiger charge is 2.28. The summed E-state index contributed by atoms with van der Waals surface area (Å²) in [5.41, 5.74) is 0. The molecule has 0 aliphatic carbocycles. The van der Waals surface area contributed by atoms with Gasteiger partial charge in [-0.3, -0.25) is 4.79 Å². The standard InChI is InChI=1S/C14H27NO3/c1-4-5-13-8-12(6-7-18-13)14(17)15-11(3)10(2)9-16/h10-13,16H,4-9H2,1-3H3,(H,15,17). The fourth-order valence-corrected chi connectivity index (χ4v) is 2.28. The molecule has 1 heterocycles. The molecule has 1 fully saturated rings. The normalized spacial score (nSPS) is 27.6. The lowest BCUT2D eigenvalue weighted by molar-refractivity contribution is -0.131. The molecule has 0 aromatic rings. The number of aliphatic hydroxyl groups is 1. The second-order valence-corrected chi connectivity index (χ2v) is 5.46. The zero-order valence-corrected chi connectivity index (χ0v) is 11.8. The Morgan fingerprint density at radius 1 is 1.50 bits per heavy atom. The fourth-order valence-electron chi connectivity index (χ4n) is 2.28. The van der Waals surface area contributed by atoms with E-state index in [0.717, 1.165) is 25.7 Å². The lowest BCUT2D eigenvalue weighted by Crippen LogP contribution is -2.44. The number of carbonyl (C=O) groups excluding carboxylic acids is 1. The zero-order valence-electron chi connectivity index (χ0n) is 11.8. The minimum absolute atomic E-state index is 0.0231. The van der Waals surface area contributed by atoms with E-state index in [9.17, 15) is 4.79 Å². The van der Waals surface area contributed by atoms with E-state index in [4.69, 9.17) is 9.84 Å². The van der Waals surface area contributed by atoms with Gasteiger partial charge in [-0.1, -0.05) is 20.3 Å². The van der Waals surface area contributed by atoms with E-state index in [1.807, 2.05) is 13.8 Å². The van der Waals surface area contributed by atoms with Gasteiger partial charge >= 0.3 is 0 Å². The molecule has 4 heteroatoms. The molecule has 0 radical (unpaired) electrons. The Balaban J connectivity index is 2.41. The first-order valence-corrected chi connectivity index (χ1v) is 7.11. The summed E-state index contributed by atoms with van der Waals surface area (Å²) in [6.45, 7) is 6.81. The van der Waals surface area contributed by atoms with Crippen LogP contribution in [0.15, 0.2) is 0 Å². The first-order chi connectivity index (χ1) is 8.58. The summed E-state index contributed by atoms with van der Waals surface area (Å²) in [5, 5.41) is 12.1. The van der Waals surface area contributed by atoms with Crippen LogP contribution in [0, 0.1) is 11.8 Å². The van der Waals surface area contributed by atoms with Gasteiger partial charge < -0.3 is 15.2 Å². The van der Waals surface area contributed by atoms with E-state index in [1.54, 1.807) is 0 Å². The van der Waals surface area contributed by atoms with Crippen molar-refractivity contribution in [1.29, 1.82) is 0 Å². The quantitative estimate of drug-likeness (QED) is 0.761. The van der Waals surface area contributed by atoms with Crippen molar-refractivity contribution in [3.8, 4) is 0 Å². The SMILES string of the molecule is CCCC1CC(C(=O)NC(C)C(C)CO)CCO1. The summed E-state index contributed by atoms with van der Waals surface area (Å²) in [4.78, 5) is 12.1. The Morgan fingerprint density at radius 3 is 2.83 bits per heavy atom. The highest BCUT2D eigenvalue weighted by atomic mass is 16.5. The largest absolute Gasteiger partial charge is 0.396 e. The number of amides is 1. The highest BCUT2D eigenvalue weighted by Crippen LogP contribution is 2.23. The monoisotopic (exact) mass is 257 g/mol. The van der Waals surface area contributed by atoms with Gasteiger partial charge in [0.05, 0.1) is 6.10 Å².